The average Bonchev–Trinajstić information content (AvgIpc) is 3.21. The van der Waals surface area contributed by atoms with Gasteiger partial charge in [-0.05, 0) is 36.2 Å². The second kappa shape index (κ2) is 8.91. The predicted octanol–water partition coefficient (Wildman–Crippen LogP) is 5.38. The zero-order valence-corrected chi connectivity index (χ0v) is 18.5. The zero-order chi connectivity index (χ0) is 22.0. The van der Waals surface area contributed by atoms with Gasteiger partial charge in [-0.15, -0.1) is 11.3 Å². The molecule has 2 heterocycles. The first-order valence-electron chi connectivity index (χ1n) is 9.71. The highest BCUT2D eigenvalue weighted by atomic mass is 35.5. The van der Waals surface area contributed by atoms with Crippen LogP contribution >= 0.6 is 22.9 Å². The van der Waals surface area contributed by atoms with E-state index in [1.54, 1.807) is 31.4 Å². The summed E-state index contributed by atoms with van der Waals surface area (Å²) in [4.78, 5) is 31.6. The molecule has 1 atom stereocenters. The van der Waals surface area contributed by atoms with E-state index < -0.39 is 6.04 Å². The number of aromatic nitrogens is 2. The van der Waals surface area contributed by atoms with Crippen LogP contribution in [-0.2, 0) is 4.79 Å². The lowest BCUT2D eigenvalue weighted by Crippen LogP contribution is -2.33. The monoisotopic (exact) mass is 453 g/mol. The number of benzene rings is 2. The Kier molecular flexibility index (Phi) is 6.06. The lowest BCUT2D eigenvalue weighted by Gasteiger charge is -2.18. The first-order valence-corrected chi connectivity index (χ1v) is 11.0. The predicted molar refractivity (Wildman–Crippen MR) is 125 cm³/mol. The molecule has 6 nitrogen and oxygen atoms in total. The van der Waals surface area contributed by atoms with Crippen LogP contribution in [-0.4, -0.2) is 22.6 Å². The quantitative estimate of drug-likeness (QED) is 0.425. The molecule has 2 aromatic heterocycles. The molecule has 4 rings (SSSR count). The van der Waals surface area contributed by atoms with E-state index in [0.29, 0.717) is 33.1 Å². The second-order valence-corrected chi connectivity index (χ2v) is 8.20. The maximum Gasteiger partial charge on any atom is 0.263 e. The van der Waals surface area contributed by atoms with E-state index in [9.17, 15) is 9.59 Å². The van der Waals surface area contributed by atoms with Crippen molar-refractivity contribution in [1.82, 2.24) is 9.55 Å². The number of fused-ring (bicyclic) bond motifs is 1. The number of ether oxygens (including phenoxy) is 1. The van der Waals surface area contributed by atoms with Crippen LogP contribution in [0.4, 0.5) is 5.69 Å². The molecule has 0 bridgehead atoms. The molecule has 1 unspecified atom stereocenters. The number of carbonyl (C=O) groups is 1. The van der Waals surface area contributed by atoms with E-state index in [-0.39, 0.29) is 11.5 Å². The Morgan fingerprint density at radius 3 is 2.68 bits per heavy atom. The molecule has 0 spiro atoms. The Hall–Kier alpha value is -3.16. The molecule has 0 saturated carbocycles. The molecule has 0 fully saturated rings. The molecule has 31 heavy (non-hydrogen) atoms. The SMILES string of the molecule is CCC(C(=O)Nc1ccccc1OC)n1cnc2scc(-c3ccc(Cl)cc3)c2c1=O. The van der Waals surface area contributed by atoms with Gasteiger partial charge < -0.3 is 10.1 Å². The molecule has 0 saturated heterocycles. The molecule has 4 aromatic rings. The van der Waals surface area contributed by atoms with Crippen molar-refractivity contribution < 1.29 is 9.53 Å². The van der Waals surface area contributed by atoms with Crippen molar-refractivity contribution in [3.05, 3.63) is 75.6 Å². The summed E-state index contributed by atoms with van der Waals surface area (Å²) in [6.45, 7) is 1.86. The minimum Gasteiger partial charge on any atom is -0.495 e. The van der Waals surface area contributed by atoms with E-state index in [1.165, 1.54) is 22.2 Å². The van der Waals surface area contributed by atoms with Gasteiger partial charge in [0.25, 0.3) is 5.56 Å². The third kappa shape index (κ3) is 4.06. The molecule has 0 aliphatic rings. The Balaban J connectivity index is 1.74. The van der Waals surface area contributed by atoms with Gasteiger partial charge in [-0.1, -0.05) is 42.8 Å². The zero-order valence-electron chi connectivity index (χ0n) is 17.0. The van der Waals surface area contributed by atoms with Crippen molar-refractivity contribution in [3.63, 3.8) is 0 Å². The van der Waals surface area contributed by atoms with Crippen LogP contribution in [0.2, 0.25) is 5.02 Å². The van der Waals surface area contributed by atoms with E-state index in [2.05, 4.69) is 10.3 Å². The number of carbonyl (C=O) groups excluding carboxylic acids is 1. The van der Waals surface area contributed by atoms with Crippen LogP contribution in [0.1, 0.15) is 19.4 Å². The lowest BCUT2D eigenvalue weighted by molar-refractivity contribution is -0.119. The van der Waals surface area contributed by atoms with Gasteiger partial charge in [0.2, 0.25) is 5.91 Å². The minimum absolute atomic E-state index is 0.252. The number of methoxy groups -OCH3 is 1. The van der Waals surface area contributed by atoms with Crippen LogP contribution in [0, 0.1) is 0 Å². The lowest BCUT2D eigenvalue weighted by atomic mass is 10.1. The summed E-state index contributed by atoms with van der Waals surface area (Å²) in [6.07, 6.45) is 1.87. The normalized spacial score (nSPS) is 12.0. The summed E-state index contributed by atoms with van der Waals surface area (Å²) in [5.74, 6) is 0.244. The molecule has 0 aliphatic carbocycles. The van der Waals surface area contributed by atoms with E-state index >= 15 is 0 Å². The van der Waals surface area contributed by atoms with Crippen LogP contribution in [0.3, 0.4) is 0 Å². The number of thiophene rings is 1. The highest BCUT2D eigenvalue weighted by Crippen LogP contribution is 2.32. The van der Waals surface area contributed by atoms with Gasteiger partial charge in [-0.2, -0.15) is 0 Å². The van der Waals surface area contributed by atoms with Crippen molar-refractivity contribution >= 4 is 44.7 Å². The van der Waals surface area contributed by atoms with E-state index in [1.807, 2.05) is 36.6 Å². The molecule has 8 heteroatoms. The molecule has 1 N–H and O–H groups in total. The maximum atomic E-state index is 13.4. The average molecular weight is 454 g/mol. The maximum absolute atomic E-state index is 13.4. The van der Waals surface area contributed by atoms with Gasteiger partial charge in [-0.25, -0.2) is 4.98 Å². The molecule has 2 aromatic carbocycles. The third-order valence-electron chi connectivity index (χ3n) is 5.06. The summed E-state index contributed by atoms with van der Waals surface area (Å²) in [5.41, 5.74) is 1.95. The highest BCUT2D eigenvalue weighted by molar-refractivity contribution is 7.17. The van der Waals surface area contributed by atoms with Crippen molar-refractivity contribution in [2.24, 2.45) is 0 Å². The van der Waals surface area contributed by atoms with Gasteiger partial charge in [0, 0.05) is 16.0 Å². The fourth-order valence-electron chi connectivity index (χ4n) is 3.48. The summed E-state index contributed by atoms with van der Waals surface area (Å²) in [6, 6.07) is 13.7. The fourth-order valence-corrected chi connectivity index (χ4v) is 4.51. The molecule has 158 valence electrons. The van der Waals surface area contributed by atoms with Gasteiger partial charge in [-0.3, -0.25) is 14.2 Å². The molecule has 0 aliphatic heterocycles. The topological polar surface area (TPSA) is 73.2 Å². The van der Waals surface area contributed by atoms with Crippen molar-refractivity contribution in [3.8, 4) is 16.9 Å². The summed E-state index contributed by atoms with van der Waals surface area (Å²) < 4.78 is 6.71. The Labute approximate surface area is 188 Å². The van der Waals surface area contributed by atoms with Gasteiger partial charge in [0.15, 0.2) is 0 Å². The number of para-hydroxylation sites is 2. The second-order valence-electron chi connectivity index (χ2n) is 6.91. The molecular weight excluding hydrogens is 434 g/mol. The smallest absolute Gasteiger partial charge is 0.263 e. The first-order chi connectivity index (χ1) is 15.0. The largest absolute Gasteiger partial charge is 0.495 e. The van der Waals surface area contributed by atoms with Gasteiger partial charge in [0.05, 0.1) is 24.5 Å². The minimum atomic E-state index is -0.715. The van der Waals surface area contributed by atoms with Crippen molar-refractivity contribution in [2.45, 2.75) is 19.4 Å². The summed E-state index contributed by atoms with van der Waals surface area (Å²) >= 11 is 7.40. The summed E-state index contributed by atoms with van der Waals surface area (Å²) in [7, 11) is 1.54. The Bertz CT molecular complexity index is 1300. The van der Waals surface area contributed by atoms with Gasteiger partial charge >= 0.3 is 0 Å². The fraction of sp³-hybridized carbons (Fsp3) is 0.174. The Morgan fingerprint density at radius 2 is 1.97 bits per heavy atom. The van der Waals surface area contributed by atoms with Crippen LogP contribution in [0.5, 0.6) is 5.75 Å². The Morgan fingerprint density at radius 1 is 1.23 bits per heavy atom. The highest BCUT2D eigenvalue weighted by Gasteiger charge is 2.23. The van der Waals surface area contributed by atoms with Crippen LogP contribution in [0.25, 0.3) is 21.3 Å². The summed E-state index contributed by atoms with van der Waals surface area (Å²) in [5, 5.41) is 5.90. The number of anilines is 1. The molecule has 0 radical (unpaired) electrons. The van der Waals surface area contributed by atoms with Gasteiger partial charge in [0.1, 0.15) is 16.6 Å². The van der Waals surface area contributed by atoms with Crippen molar-refractivity contribution in [1.29, 1.82) is 0 Å². The number of rotatable bonds is 6. The van der Waals surface area contributed by atoms with Crippen molar-refractivity contribution in [2.75, 3.05) is 12.4 Å². The standard InChI is InChI=1S/C23H20ClN3O3S/c1-3-18(21(28)26-17-6-4-5-7-19(17)30-2)27-13-25-22-20(23(27)29)16(12-31-22)14-8-10-15(24)11-9-14/h4-13,18H,3H2,1-2H3,(H,26,28). The first kappa shape index (κ1) is 21.1. The number of nitrogens with one attached hydrogen (secondary N) is 1. The number of hydrogen-bond donors (Lipinski definition) is 1. The van der Waals surface area contributed by atoms with E-state index in [0.717, 1.165) is 11.1 Å². The van der Waals surface area contributed by atoms with E-state index in [4.69, 9.17) is 16.3 Å². The number of amides is 1. The number of hydrogen-bond acceptors (Lipinski definition) is 5. The van der Waals surface area contributed by atoms with Crippen LogP contribution in [0.15, 0.2) is 65.0 Å². The molecular formula is C23H20ClN3O3S. The number of nitrogens with zero attached hydrogens (tertiary/aromatic N) is 2. The number of halogens is 1. The third-order valence-corrected chi connectivity index (χ3v) is 6.20. The van der Waals surface area contributed by atoms with Crippen LogP contribution < -0.4 is 15.6 Å². The molecule has 1 amide bonds.